The molecule has 0 radical (unpaired) electrons. The van der Waals surface area contributed by atoms with E-state index in [2.05, 4.69) is 0 Å². The van der Waals surface area contributed by atoms with Crippen LogP contribution in [0.1, 0.15) is 11.7 Å². The fourth-order valence-electron chi connectivity index (χ4n) is 1.72. The zero-order valence-electron chi connectivity index (χ0n) is 10.4. The van der Waals surface area contributed by atoms with Crippen molar-refractivity contribution >= 4 is 17.3 Å². The molecule has 0 aliphatic carbocycles. The maximum atomic E-state index is 10.9. The van der Waals surface area contributed by atoms with Crippen LogP contribution in [0.15, 0.2) is 48.5 Å². The Bertz CT molecular complexity index is 603. The van der Waals surface area contributed by atoms with Crippen LogP contribution in [0.25, 0.3) is 0 Å². The van der Waals surface area contributed by atoms with Crippen molar-refractivity contribution in [2.75, 3.05) is 6.61 Å². The van der Waals surface area contributed by atoms with Gasteiger partial charge in [0.2, 0.25) is 5.75 Å². The Balaban J connectivity index is 2.13. The van der Waals surface area contributed by atoms with Crippen LogP contribution < -0.4 is 4.74 Å². The molecular formula is C14H12ClNO4. The molecule has 1 atom stereocenters. The maximum absolute atomic E-state index is 10.9. The van der Waals surface area contributed by atoms with Crippen LogP contribution in [0.3, 0.4) is 0 Å². The van der Waals surface area contributed by atoms with Crippen LogP contribution >= 0.6 is 11.6 Å². The molecular weight excluding hydrogens is 282 g/mol. The highest BCUT2D eigenvalue weighted by Crippen LogP contribution is 2.34. The van der Waals surface area contributed by atoms with Gasteiger partial charge in [-0.15, -0.1) is 0 Å². The number of nitrogens with zero attached hydrogens (tertiary/aromatic N) is 1. The second-order valence-corrected chi connectivity index (χ2v) is 4.49. The monoisotopic (exact) mass is 293 g/mol. The molecule has 0 saturated carbocycles. The molecule has 0 fully saturated rings. The maximum Gasteiger partial charge on any atom is 0.312 e. The zero-order valence-corrected chi connectivity index (χ0v) is 11.2. The van der Waals surface area contributed by atoms with Gasteiger partial charge in [0.25, 0.3) is 0 Å². The summed E-state index contributed by atoms with van der Waals surface area (Å²) < 4.78 is 5.32. The third kappa shape index (κ3) is 3.26. The van der Waals surface area contributed by atoms with Crippen molar-refractivity contribution in [1.82, 2.24) is 0 Å². The van der Waals surface area contributed by atoms with E-state index >= 15 is 0 Å². The molecule has 2 aromatic carbocycles. The molecule has 0 heterocycles. The first kappa shape index (κ1) is 14.3. The van der Waals surface area contributed by atoms with E-state index in [1.165, 1.54) is 18.2 Å². The Hall–Kier alpha value is -2.11. The summed E-state index contributed by atoms with van der Waals surface area (Å²) in [6, 6.07) is 13.2. The van der Waals surface area contributed by atoms with Crippen molar-refractivity contribution in [3.05, 3.63) is 69.2 Å². The van der Waals surface area contributed by atoms with Gasteiger partial charge >= 0.3 is 5.69 Å². The minimum Gasteiger partial charge on any atom is -0.483 e. The van der Waals surface area contributed by atoms with Crippen molar-refractivity contribution in [2.45, 2.75) is 6.10 Å². The van der Waals surface area contributed by atoms with E-state index in [0.717, 1.165) is 0 Å². The van der Waals surface area contributed by atoms with E-state index < -0.39 is 11.0 Å². The number of benzene rings is 2. The number of nitro benzene ring substituents is 1. The molecule has 1 N–H and O–H groups in total. The van der Waals surface area contributed by atoms with Gasteiger partial charge in [0.1, 0.15) is 12.7 Å². The summed E-state index contributed by atoms with van der Waals surface area (Å²) in [4.78, 5) is 10.3. The number of nitro groups is 1. The van der Waals surface area contributed by atoms with E-state index in [-0.39, 0.29) is 23.1 Å². The summed E-state index contributed by atoms with van der Waals surface area (Å²) >= 11 is 5.89. The number of ether oxygens (including phenoxy) is 1. The lowest BCUT2D eigenvalue weighted by molar-refractivity contribution is -0.385. The number of hydrogen-bond donors (Lipinski definition) is 1. The molecule has 0 bridgehead atoms. The largest absolute Gasteiger partial charge is 0.483 e. The van der Waals surface area contributed by atoms with Crippen molar-refractivity contribution in [3.8, 4) is 5.75 Å². The second kappa shape index (κ2) is 6.36. The van der Waals surface area contributed by atoms with Crippen LogP contribution in [-0.2, 0) is 0 Å². The number of halogens is 1. The molecule has 5 nitrogen and oxygen atoms in total. The predicted octanol–water partition coefficient (Wildman–Crippen LogP) is 3.36. The summed E-state index contributed by atoms with van der Waals surface area (Å²) in [5.74, 6) is -0.0332. The number of aliphatic hydroxyl groups excluding tert-OH is 1. The fourth-order valence-corrected chi connectivity index (χ4v) is 1.94. The zero-order chi connectivity index (χ0) is 14.5. The number of rotatable bonds is 5. The Kier molecular flexibility index (Phi) is 4.55. The van der Waals surface area contributed by atoms with Crippen LogP contribution in [0.5, 0.6) is 5.75 Å². The predicted molar refractivity (Wildman–Crippen MR) is 75.0 cm³/mol. The molecule has 2 rings (SSSR count). The highest BCUT2D eigenvalue weighted by molar-refractivity contribution is 6.32. The second-order valence-electron chi connectivity index (χ2n) is 4.08. The van der Waals surface area contributed by atoms with Gasteiger partial charge < -0.3 is 9.84 Å². The fraction of sp³-hybridized carbons (Fsp3) is 0.143. The topological polar surface area (TPSA) is 72.6 Å². The molecule has 0 aromatic heterocycles. The number of hydrogen-bond acceptors (Lipinski definition) is 4. The third-order valence-electron chi connectivity index (χ3n) is 2.71. The van der Waals surface area contributed by atoms with E-state index in [9.17, 15) is 15.2 Å². The Morgan fingerprint density at radius 3 is 2.55 bits per heavy atom. The number of para-hydroxylation sites is 1. The van der Waals surface area contributed by atoms with Gasteiger partial charge in [-0.05, 0) is 11.6 Å². The van der Waals surface area contributed by atoms with Crippen molar-refractivity contribution in [1.29, 1.82) is 0 Å². The summed E-state index contributed by atoms with van der Waals surface area (Å²) in [6.45, 7) is -0.116. The lowest BCUT2D eigenvalue weighted by atomic mass is 10.1. The van der Waals surface area contributed by atoms with Gasteiger partial charge in [-0.3, -0.25) is 10.1 Å². The first-order valence-electron chi connectivity index (χ1n) is 5.88. The van der Waals surface area contributed by atoms with Crippen molar-refractivity contribution in [2.24, 2.45) is 0 Å². The van der Waals surface area contributed by atoms with E-state index in [0.29, 0.717) is 5.56 Å². The van der Waals surface area contributed by atoms with Gasteiger partial charge in [-0.1, -0.05) is 48.0 Å². The molecule has 0 amide bonds. The van der Waals surface area contributed by atoms with Gasteiger partial charge in [-0.2, -0.15) is 0 Å². The minimum atomic E-state index is -0.882. The van der Waals surface area contributed by atoms with E-state index in [4.69, 9.17) is 16.3 Å². The third-order valence-corrected chi connectivity index (χ3v) is 3.01. The minimum absolute atomic E-state index is 0.0332. The first-order valence-corrected chi connectivity index (χ1v) is 6.26. The Morgan fingerprint density at radius 2 is 1.90 bits per heavy atom. The molecule has 104 valence electrons. The van der Waals surface area contributed by atoms with Gasteiger partial charge in [0, 0.05) is 6.07 Å². The summed E-state index contributed by atoms with van der Waals surface area (Å²) in [6.07, 6.45) is -0.882. The molecule has 0 spiro atoms. The lowest BCUT2D eigenvalue weighted by Gasteiger charge is -2.13. The Morgan fingerprint density at radius 1 is 1.20 bits per heavy atom. The quantitative estimate of drug-likeness (QED) is 0.677. The first-order chi connectivity index (χ1) is 9.59. The lowest BCUT2D eigenvalue weighted by Crippen LogP contribution is -2.10. The summed E-state index contributed by atoms with van der Waals surface area (Å²) in [5.41, 5.74) is 0.444. The number of aliphatic hydroxyl groups is 1. The van der Waals surface area contributed by atoms with Gasteiger partial charge in [0.05, 0.1) is 9.95 Å². The van der Waals surface area contributed by atoms with Crippen molar-refractivity contribution in [3.63, 3.8) is 0 Å². The molecule has 2 aromatic rings. The molecule has 6 heteroatoms. The normalized spacial score (nSPS) is 11.9. The highest BCUT2D eigenvalue weighted by atomic mass is 35.5. The summed E-state index contributed by atoms with van der Waals surface area (Å²) in [7, 11) is 0. The average Bonchev–Trinajstić information content (AvgIpc) is 2.46. The molecule has 0 saturated heterocycles. The molecule has 0 aliphatic heterocycles. The van der Waals surface area contributed by atoms with Crippen molar-refractivity contribution < 1.29 is 14.8 Å². The molecule has 20 heavy (non-hydrogen) atoms. The Labute approximate surface area is 120 Å². The van der Waals surface area contributed by atoms with E-state index in [1.54, 1.807) is 24.3 Å². The average molecular weight is 294 g/mol. The van der Waals surface area contributed by atoms with Crippen LogP contribution in [0, 0.1) is 10.1 Å². The van der Waals surface area contributed by atoms with Crippen LogP contribution in [0.4, 0.5) is 5.69 Å². The van der Waals surface area contributed by atoms with Gasteiger partial charge in [-0.25, -0.2) is 0 Å². The molecule has 0 aliphatic rings. The van der Waals surface area contributed by atoms with E-state index in [1.807, 2.05) is 6.07 Å². The highest BCUT2D eigenvalue weighted by Gasteiger charge is 2.19. The standard InChI is InChI=1S/C14H12ClNO4/c15-11-7-4-8-12(16(18)19)14(11)20-9-13(17)10-5-2-1-3-6-10/h1-8,13,17H,9H2. The smallest absolute Gasteiger partial charge is 0.312 e. The summed E-state index contributed by atoms with van der Waals surface area (Å²) in [5, 5.41) is 21.0. The van der Waals surface area contributed by atoms with Gasteiger partial charge in [0.15, 0.2) is 0 Å². The van der Waals surface area contributed by atoms with Crippen LogP contribution in [0.2, 0.25) is 5.02 Å². The SMILES string of the molecule is O=[N+]([O-])c1cccc(Cl)c1OCC(O)c1ccccc1. The van der Waals surface area contributed by atoms with Crippen LogP contribution in [-0.4, -0.2) is 16.6 Å². The molecule has 1 unspecified atom stereocenters.